The summed E-state index contributed by atoms with van der Waals surface area (Å²) in [6, 6.07) is 71.1. The Morgan fingerprint density at radius 2 is 0.903 bits per heavy atom. The molecule has 10 aromatic carbocycles. The molecule has 288 valence electrons. The third-order valence-electron chi connectivity index (χ3n) is 12.3. The average molecular weight is 808 g/mol. The standard InChI is InChI=1S/C57H33N3OS/c1-2-13-35(14-3-1)41-27-28-49-54(48-31-37-16-6-7-17-38(37)33-50(48)61-49)53(41)45-25-26-46(43-19-9-8-18-42(43)45)57-59-55(39-23-22-34-12-4-5-15-36(34)30-39)58-56(60-57)40-24-29-52-47(32-40)44-20-10-11-21-51(44)62-52/h1-33H. The lowest BCUT2D eigenvalue weighted by molar-refractivity contribution is 0.669. The molecule has 62 heavy (non-hydrogen) atoms. The van der Waals surface area contributed by atoms with Gasteiger partial charge in [0.05, 0.1) is 0 Å². The summed E-state index contributed by atoms with van der Waals surface area (Å²) in [5.74, 6) is 1.89. The van der Waals surface area contributed by atoms with Crippen molar-refractivity contribution in [3.8, 4) is 56.4 Å². The molecule has 4 nitrogen and oxygen atoms in total. The van der Waals surface area contributed by atoms with E-state index in [2.05, 4.69) is 200 Å². The van der Waals surface area contributed by atoms with Gasteiger partial charge in [-0.1, -0.05) is 146 Å². The Bertz CT molecular complexity index is 3940. The highest BCUT2D eigenvalue weighted by atomic mass is 32.1. The van der Waals surface area contributed by atoms with Gasteiger partial charge in [-0.15, -0.1) is 11.3 Å². The van der Waals surface area contributed by atoms with Gasteiger partial charge in [-0.3, -0.25) is 0 Å². The zero-order valence-electron chi connectivity index (χ0n) is 33.2. The molecular weight excluding hydrogens is 775 g/mol. The summed E-state index contributed by atoms with van der Waals surface area (Å²) in [5, 5.41) is 11.4. The number of hydrogen-bond donors (Lipinski definition) is 0. The van der Waals surface area contributed by atoms with Crippen molar-refractivity contribution in [1.82, 2.24) is 15.0 Å². The summed E-state index contributed by atoms with van der Waals surface area (Å²) in [4.78, 5) is 15.8. The first-order valence-electron chi connectivity index (χ1n) is 20.8. The molecule has 0 aliphatic carbocycles. The molecule has 0 atom stereocenters. The van der Waals surface area contributed by atoms with E-state index in [1.54, 1.807) is 0 Å². The van der Waals surface area contributed by atoms with Crippen LogP contribution in [0.4, 0.5) is 0 Å². The van der Waals surface area contributed by atoms with Crippen LogP contribution in [0.15, 0.2) is 205 Å². The predicted octanol–water partition coefficient (Wildman–Crippen LogP) is 15.9. The fourth-order valence-corrected chi connectivity index (χ4v) is 10.4. The van der Waals surface area contributed by atoms with E-state index in [1.165, 1.54) is 30.9 Å². The maximum absolute atomic E-state index is 6.67. The molecule has 0 aliphatic rings. The normalized spacial score (nSPS) is 11.9. The van der Waals surface area contributed by atoms with Crippen molar-refractivity contribution in [2.75, 3.05) is 0 Å². The Morgan fingerprint density at radius 3 is 1.71 bits per heavy atom. The maximum Gasteiger partial charge on any atom is 0.164 e. The maximum atomic E-state index is 6.67. The van der Waals surface area contributed by atoms with Crippen LogP contribution in [0, 0.1) is 0 Å². The van der Waals surface area contributed by atoms with Crippen molar-refractivity contribution in [3.05, 3.63) is 200 Å². The van der Waals surface area contributed by atoms with Gasteiger partial charge in [0.15, 0.2) is 17.5 Å². The minimum absolute atomic E-state index is 0.623. The fourth-order valence-electron chi connectivity index (χ4n) is 9.35. The largest absolute Gasteiger partial charge is 0.456 e. The van der Waals surface area contributed by atoms with Crippen LogP contribution in [0.5, 0.6) is 0 Å². The SMILES string of the molecule is c1ccc(-c2ccc3oc4cc5ccccc5cc4c3c2-c2ccc(-c3nc(-c4ccc5ccccc5c4)nc(-c4ccc5sc6ccccc6c5c4)n3)c3ccccc23)cc1. The smallest absolute Gasteiger partial charge is 0.164 e. The molecule has 3 aromatic heterocycles. The molecule has 13 rings (SSSR count). The molecule has 0 spiro atoms. The fraction of sp³-hybridized carbons (Fsp3) is 0. The molecule has 0 radical (unpaired) electrons. The van der Waals surface area contributed by atoms with Crippen molar-refractivity contribution >= 4 is 85.8 Å². The highest BCUT2D eigenvalue weighted by Crippen LogP contribution is 2.47. The molecule has 13 aromatic rings. The van der Waals surface area contributed by atoms with Crippen LogP contribution < -0.4 is 0 Å². The number of hydrogen-bond acceptors (Lipinski definition) is 5. The lowest BCUT2D eigenvalue weighted by Crippen LogP contribution is -2.01. The van der Waals surface area contributed by atoms with Gasteiger partial charge in [-0.05, 0) is 104 Å². The van der Waals surface area contributed by atoms with Gasteiger partial charge >= 0.3 is 0 Å². The van der Waals surface area contributed by atoms with Gasteiger partial charge < -0.3 is 4.42 Å². The molecule has 0 saturated carbocycles. The second kappa shape index (κ2) is 13.8. The van der Waals surface area contributed by atoms with Crippen molar-refractivity contribution in [2.24, 2.45) is 0 Å². The van der Waals surface area contributed by atoms with Crippen LogP contribution in [0.25, 0.3) is 131 Å². The number of thiophene rings is 1. The predicted molar refractivity (Wildman–Crippen MR) is 260 cm³/mol. The minimum atomic E-state index is 0.623. The Labute approximate surface area is 360 Å². The molecule has 0 aliphatic heterocycles. The summed E-state index contributed by atoms with van der Waals surface area (Å²) in [5.41, 5.74) is 9.09. The average Bonchev–Trinajstić information content (AvgIpc) is 3.90. The molecule has 0 unspecified atom stereocenters. The van der Waals surface area contributed by atoms with Crippen LogP contribution in [0.2, 0.25) is 0 Å². The second-order valence-electron chi connectivity index (χ2n) is 15.9. The van der Waals surface area contributed by atoms with Crippen molar-refractivity contribution in [2.45, 2.75) is 0 Å². The molecule has 0 amide bonds. The number of nitrogens with zero attached hydrogens (tertiary/aromatic N) is 3. The van der Waals surface area contributed by atoms with Crippen LogP contribution in [0.1, 0.15) is 0 Å². The summed E-state index contributed by atoms with van der Waals surface area (Å²) >= 11 is 1.81. The Hall–Kier alpha value is -7.99. The Kier molecular flexibility index (Phi) is 7.74. The number of furan rings is 1. The third kappa shape index (κ3) is 5.56. The number of aromatic nitrogens is 3. The lowest BCUT2D eigenvalue weighted by atomic mass is 9.87. The van der Waals surface area contributed by atoms with E-state index in [0.717, 1.165) is 82.4 Å². The molecule has 5 heteroatoms. The van der Waals surface area contributed by atoms with Gasteiger partial charge in [0.2, 0.25) is 0 Å². The van der Waals surface area contributed by atoms with E-state index < -0.39 is 0 Å². The summed E-state index contributed by atoms with van der Waals surface area (Å²) in [7, 11) is 0. The zero-order valence-corrected chi connectivity index (χ0v) is 34.0. The quantitative estimate of drug-likeness (QED) is 0.174. The van der Waals surface area contributed by atoms with Crippen LogP contribution >= 0.6 is 11.3 Å². The molecule has 0 fully saturated rings. The number of benzene rings is 10. The summed E-state index contributed by atoms with van der Waals surface area (Å²) in [6.45, 7) is 0. The van der Waals surface area contributed by atoms with Crippen LogP contribution in [-0.4, -0.2) is 15.0 Å². The monoisotopic (exact) mass is 807 g/mol. The van der Waals surface area contributed by atoms with Gasteiger partial charge in [-0.2, -0.15) is 0 Å². The molecule has 0 bridgehead atoms. The van der Waals surface area contributed by atoms with E-state index in [9.17, 15) is 0 Å². The molecule has 0 saturated heterocycles. The van der Waals surface area contributed by atoms with Gasteiger partial charge in [0, 0.05) is 53.2 Å². The summed E-state index contributed by atoms with van der Waals surface area (Å²) < 4.78 is 9.18. The second-order valence-corrected chi connectivity index (χ2v) is 17.0. The summed E-state index contributed by atoms with van der Waals surface area (Å²) in [6.07, 6.45) is 0. The number of fused-ring (bicyclic) bond motifs is 9. The Morgan fingerprint density at radius 1 is 0.323 bits per heavy atom. The van der Waals surface area contributed by atoms with E-state index >= 15 is 0 Å². The first kappa shape index (κ1) is 34.8. The van der Waals surface area contributed by atoms with Crippen LogP contribution in [0.3, 0.4) is 0 Å². The zero-order chi connectivity index (χ0) is 40.7. The van der Waals surface area contributed by atoms with E-state index in [4.69, 9.17) is 19.4 Å². The first-order valence-corrected chi connectivity index (χ1v) is 21.6. The lowest BCUT2D eigenvalue weighted by Gasteiger charge is -2.17. The van der Waals surface area contributed by atoms with Crippen molar-refractivity contribution < 1.29 is 4.42 Å². The van der Waals surface area contributed by atoms with Gasteiger partial charge in [0.1, 0.15) is 11.2 Å². The van der Waals surface area contributed by atoms with E-state index in [1.807, 2.05) is 11.3 Å². The number of rotatable bonds is 5. The van der Waals surface area contributed by atoms with E-state index in [-0.39, 0.29) is 0 Å². The van der Waals surface area contributed by atoms with Gasteiger partial charge in [0.25, 0.3) is 0 Å². The van der Waals surface area contributed by atoms with Gasteiger partial charge in [-0.25, -0.2) is 15.0 Å². The topological polar surface area (TPSA) is 51.8 Å². The minimum Gasteiger partial charge on any atom is -0.456 e. The molecule has 3 heterocycles. The molecular formula is C57H33N3OS. The van der Waals surface area contributed by atoms with Crippen molar-refractivity contribution in [1.29, 1.82) is 0 Å². The van der Waals surface area contributed by atoms with Crippen LogP contribution in [-0.2, 0) is 0 Å². The first-order chi connectivity index (χ1) is 30.7. The van der Waals surface area contributed by atoms with Crippen molar-refractivity contribution in [3.63, 3.8) is 0 Å². The molecule has 0 N–H and O–H groups in total. The highest BCUT2D eigenvalue weighted by molar-refractivity contribution is 7.25. The third-order valence-corrected chi connectivity index (χ3v) is 13.5. The van der Waals surface area contributed by atoms with E-state index in [0.29, 0.717) is 17.5 Å². The highest BCUT2D eigenvalue weighted by Gasteiger charge is 2.22. The Balaban J connectivity index is 1.06.